The summed E-state index contributed by atoms with van der Waals surface area (Å²) in [5, 5.41) is 11.7. The molecular weight excluding hydrogens is 214 g/mol. The van der Waals surface area contributed by atoms with E-state index in [1.54, 1.807) is 0 Å². The molecular formula is C13H15N3O. The Balaban J connectivity index is 2.12. The van der Waals surface area contributed by atoms with Crippen molar-refractivity contribution < 1.29 is 4.79 Å². The molecule has 1 aliphatic rings. The molecule has 4 heteroatoms. The molecule has 1 aliphatic carbocycles. The summed E-state index contributed by atoms with van der Waals surface area (Å²) in [5.41, 5.74) is 0.987. The highest BCUT2D eigenvalue weighted by Crippen LogP contribution is 2.45. The minimum atomic E-state index is -0.770. The summed E-state index contributed by atoms with van der Waals surface area (Å²) in [4.78, 5) is 13.8. The van der Waals surface area contributed by atoms with Gasteiger partial charge < -0.3 is 10.2 Å². The molecule has 0 aromatic heterocycles. The highest BCUT2D eigenvalue weighted by molar-refractivity contribution is 5.99. The summed E-state index contributed by atoms with van der Waals surface area (Å²) < 4.78 is 0. The number of nitrogens with one attached hydrogen (secondary N) is 1. The number of benzene rings is 1. The summed E-state index contributed by atoms with van der Waals surface area (Å²) in [6.07, 6.45) is 1.34. The lowest BCUT2D eigenvalue weighted by Gasteiger charge is -2.14. The molecule has 1 aromatic rings. The van der Waals surface area contributed by atoms with Gasteiger partial charge >= 0.3 is 0 Å². The third-order valence-electron chi connectivity index (χ3n) is 3.02. The van der Waals surface area contributed by atoms with Crippen LogP contribution >= 0.6 is 0 Å². The fourth-order valence-corrected chi connectivity index (χ4v) is 1.63. The average molecular weight is 229 g/mol. The fraction of sp³-hybridized carbons (Fsp3) is 0.385. The number of hydrogen-bond donors (Lipinski definition) is 1. The van der Waals surface area contributed by atoms with Gasteiger partial charge in [-0.25, -0.2) is 0 Å². The van der Waals surface area contributed by atoms with Crippen LogP contribution in [0.1, 0.15) is 12.8 Å². The van der Waals surface area contributed by atoms with E-state index in [4.69, 9.17) is 5.26 Å². The molecule has 1 amide bonds. The zero-order valence-electron chi connectivity index (χ0n) is 10.0. The van der Waals surface area contributed by atoms with Crippen LogP contribution in [0.5, 0.6) is 0 Å². The molecule has 2 rings (SSSR count). The molecule has 1 saturated carbocycles. The van der Waals surface area contributed by atoms with Gasteiger partial charge in [-0.15, -0.1) is 0 Å². The van der Waals surface area contributed by atoms with Crippen LogP contribution in [0, 0.1) is 16.7 Å². The molecule has 1 fully saturated rings. The zero-order chi connectivity index (χ0) is 12.5. The van der Waals surface area contributed by atoms with Crippen LogP contribution in [-0.4, -0.2) is 20.0 Å². The average Bonchev–Trinajstić information content (AvgIpc) is 3.10. The van der Waals surface area contributed by atoms with E-state index in [1.165, 1.54) is 0 Å². The number of amides is 1. The Labute approximate surface area is 101 Å². The van der Waals surface area contributed by atoms with E-state index >= 15 is 0 Å². The van der Waals surface area contributed by atoms with Gasteiger partial charge in [0.2, 0.25) is 5.91 Å². The van der Waals surface area contributed by atoms with Crippen molar-refractivity contribution in [3.8, 4) is 6.07 Å². The summed E-state index contributed by atoms with van der Waals surface area (Å²) in [6.45, 7) is 0. The first kappa shape index (κ1) is 11.5. The van der Waals surface area contributed by atoms with Crippen LogP contribution in [0.15, 0.2) is 24.3 Å². The highest BCUT2D eigenvalue weighted by Gasteiger charge is 2.50. The van der Waals surface area contributed by atoms with E-state index in [1.807, 2.05) is 43.3 Å². The van der Waals surface area contributed by atoms with E-state index in [2.05, 4.69) is 11.4 Å². The Kier molecular flexibility index (Phi) is 2.76. The molecule has 0 heterocycles. The Bertz CT molecular complexity index is 484. The SMILES string of the molecule is CN(C)c1cccc(NC(=O)C2(C#N)CC2)c1. The van der Waals surface area contributed by atoms with Crippen molar-refractivity contribution in [2.75, 3.05) is 24.3 Å². The number of anilines is 2. The quantitative estimate of drug-likeness (QED) is 0.862. The molecule has 0 bridgehead atoms. The van der Waals surface area contributed by atoms with Gasteiger partial charge in [-0.1, -0.05) is 6.07 Å². The van der Waals surface area contributed by atoms with Crippen molar-refractivity contribution in [2.24, 2.45) is 5.41 Å². The van der Waals surface area contributed by atoms with Crippen LogP contribution in [0.4, 0.5) is 11.4 Å². The third kappa shape index (κ3) is 2.23. The molecule has 0 radical (unpaired) electrons. The van der Waals surface area contributed by atoms with Gasteiger partial charge in [0.1, 0.15) is 5.41 Å². The Morgan fingerprint density at radius 2 is 2.18 bits per heavy atom. The van der Waals surface area contributed by atoms with Gasteiger partial charge in [-0.05, 0) is 31.0 Å². The maximum atomic E-state index is 11.9. The lowest BCUT2D eigenvalue weighted by molar-refractivity contribution is -0.119. The second kappa shape index (κ2) is 4.10. The first-order valence-corrected chi connectivity index (χ1v) is 5.57. The van der Waals surface area contributed by atoms with Gasteiger partial charge in [0.25, 0.3) is 0 Å². The zero-order valence-corrected chi connectivity index (χ0v) is 10.0. The van der Waals surface area contributed by atoms with Gasteiger partial charge in [-0.2, -0.15) is 5.26 Å². The lowest BCUT2D eigenvalue weighted by Crippen LogP contribution is -2.22. The van der Waals surface area contributed by atoms with Crippen molar-refractivity contribution in [2.45, 2.75) is 12.8 Å². The topological polar surface area (TPSA) is 56.1 Å². The minimum absolute atomic E-state index is 0.184. The number of rotatable bonds is 3. The van der Waals surface area contributed by atoms with E-state index in [0.29, 0.717) is 12.8 Å². The van der Waals surface area contributed by atoms with E-state index in [0.717, 1.165) is 11.4 Å². The monoisotopic (exact) mass is 229 g/mol. The molecule has 0 atom stereocenters. The number of carbonyl (C=O) groups is 1. The number of nitrogens with zero attached hydrogens (tertiary/aromatic N) is 2. The number of nitriles is 1. The van der Waals surface area contributed by atoms with Gasteiger partial charge in [0.15, 0.2) is 0 Å². The molecule has 1 N–H and O–H groups in total. The minimum Gasteiger partial charge on any atom is -0.378 e. The first-order chi connectivity index (χ1) is 8.07. The standard InChI is InChI=1S/C13H15N3O/c1-16(2)11-5-3-4-10(8-11)15-12(17)13(9-14)6-7-13/h3-5,8H,6-7H2,1-2H3,(H,15,17). The maximum Gasteiger partial charge on any atom is 0.244 e. The molecule has 0 aliphatic heterocycles. The lowest BCUT2D eigenvalue weighted by atomic mass is 10.1. The van der Waals surface area contributed by atoms with Crippen molar-refractivity contribution in [3.63, 3.8) is 0 Å². The molecule has 4 nitrogen and oxygen atoms in total. The summed E-state index contributed by atoms with van der Waals surface area (Å²) in [6, 6.07) is 9.66. The normalized spacial score (nSPS) is 15.8. The smallest absolute Gasteiger partial charge is 0.244 e. The molecule has 1 aromatic carbocycles. The second-order valence-electron chi connectivity index (χ2n) is 4.59. The molecule has 0 spiro atoms. The predicted molar refractivity (Wildman–Crippen MR) is 66.7 cm³/mol. The summed E-state index contributed by atoms with van der Waals surface area (Å²) in [5.74, 6) is -0.184. The number of hydrogen-bond acceptors (Lipinski definition) is 3. The van der Waals surface area contributed by atoms with Crippen molar-refractivity contribution in [1.29, 1.82) is 5.26 Å². The highest BCUT2D eigenvalue weighted by atomic mass is 16.2. The van der Waals surface area contributed by atoms with Crippen LogP contribution in [0.3, 0.4) is 0 Å². The Morgan fingerprint density at radius 3 is 2.71 bits per heavy atom. The number of carbonyl (C=O) groups excluding carboxylic acids is 1. The van der Waals surface area contributed by atoms with Gasteiger partial charge in [0.05, 0.1) is 6.07 Å². The Hall–Kier alpha value is -2.02. The fourth-order valence-electron chi connectivity index (χ4n) is 1.63. The first-order valence-electron chi connectivity index (χ1n) is 5.57. The molecule has 0 saturated heterocycles. The molecule has 88 valence electrons. The largest absolute Gasteiger partial charge is 0.378 e. The predicted octanol–water partition coefficient (Wildman–Crippen LogP) is 1.99. The molecule has 17 heavy (non-hydrogen) atoms. The van der Waals surface area contributed by atoms with Crippen molar-refractivity contribution in [3.05, 3.63) is 24.3 Å². The second-order valence-corrected chi connectivity index (χ2v) is 4.59. The van der Waals surface area contributed by atoms with E-state index in [-0.39, 0.29) is 5.91 Å². The maximum absolute atomic E-state index is 11.9. The summed E-state index contributed by atoms with van der Waals surface area (Å²) in [7, 11) is 3.89. The van der Waals surface area contributed by atoms with Crippen LogP contribution in [0.2, 0.25) is 0 Å². The Morgan fingerprint density at radius 1 is 1.47 bits per heavy atom. The van der Waals surface area contributed by atoms with Crippen LogP contribution < -0.4 is 10.2 Å². The van der Waals surface area contributed by atoms with Gasteiger partial charge in [-0.3, -0.25) is 4.79 Å². The molecule has 0 unspecified atom stereocenters. The van der Waals surface area contributed by atoms with Gasteiger partial charge in [0, 0.05) is 25.5 Å². The van der Waals surface area contributed by atoms with Crippen LogP contribution in [-0.2, 0) is 4.79 Å². The van der Waals surface area contributed by atoms with E-state index < -0.39 is 5.41 Å². The van der Waals surface area contributed by atoms with Crippen molar-refractivity contribution in [1.82, 2.24) is 0 Å². The van der Waals surface area contributed by atoms with Crippen LogP contribution in [0.25, 0.3) is 0 Å². The van der Waals surface area contributed by atoms with E-state index in [9.17, 15) is 4.79 Å². The summed E-state index contributed by atoms with van der Waals surface area (Å²) >= 11 is 0. The van der Waals surface area contributed by atoms with Crippen molar-refractivity contribution >= 4 is 17.3 Å². The third-order valence-corrected chi connectivity index (χ3v) is 3.02.